The molecule has 0 bridgehead atoms. The number of nitrogens with one attached hydrogen (secondary N) is 2. The third-order valence-corrected chi connectivity index (χ3v) is 5.75. The molecule has 1 atom stereocenters. The van der Waals surface area contributed by atoms with E-state index in [2.05, 4.69) is 27.8 Å². The van der Waals surface area contributed by atoms with Crippen LogP contribution in [0.15, 0.2) is 47.2 Å². The smallest absolute Gasteiger partial charge is 0.356 e. The topological polar surface area (TPSA) is 108 Å². The lowest BCUT2D eigenvalue weighted by molar-refractivity contribution is 0.0588. The second-order valence-electron chi connectivity index (χ2n) is 7.92. The van der Waals surface area contributed by atoms with Crippen LogP contribution in [-0.4, -0.2) is 48.8 Å². The van der Waals surface area contributed by atoms with Gasteiger partial charge in [0, 0.05) is 25.6 Å². The molecule has 1 unspecified atom stereocenters. The van der Waals surface area contributed by atoms with E-state index in [0.717, 1.165) is 31.5 Å². The minimum Gasteiger partial charge on any atom is -0.464 e. The maximum Gasteiger partial charge on any atom is 0.356 e. The quantitative estimate of drug-likeness (QED) is 0.372. The first-order chi connectivity index (χ1) is 16.1. The molecular formula is C24H28N4O5. The van der Waals surface area contributed by atoms with Gasteiger partial charge in [-0.15, -0.1) is 0 Å². The highest BCUT2D eigenvalue weighted by atomic mass is 16.5. The number of allylic oxidation sites excluding steroid dienone is 2. The molecule has 1 aliphatic carbocycles. The zero-order valence-electron chi connectivity index (χ0n) is 18.8. The predicted molar refractivity (Wildman–Crippen MR) is 125 cm³/mol. The minimum absolute atomic E-state index is 0.135. The van der Waals surface area contributed by atoms with Crippen molar-refractivity contribution in [3.63, 3.8) is 0 Å². The Morgan fingerprint density at radius 1 is 1.30 bits per heavy atom. The average molecular weight is 453 g/mol. The number of carbonyl (C=O) groups excluding carboxylic acids is 2. The van der Waals surface area contributed by atoms with Gasteiger partial charge in [-0.25, -0.2) is 9.78 Å². The van der Waals surface area contributed by atoms with Crippen molar-refractivity contribution in [3.8, 4) is 0 Å². The Labute approximate surface area is 191 Å². The van der Waals surface area contributed by atoms with Crippen LogP contribution in [0.3, 0.4) is 0 Å². The Morgan fingerprint density at radius 2 is 2.18 bits per heavy atom. The summed E-state index contributed by atoms with van der Waals surface area (Å²) in [7, 11) is 2.89. The number of nitrogens with zero attached hydrogens (tertiary/aromatic N) is 2. The summed E-state index contributed by atoms with van der Waals surface area (Å²) in [5, 5.41) is 6.91. The van der Waals surface area contributed by atoms with Crippen LogP contribution in [0.5, 0.6) is 0 Å². The summed E-state index contributed by atoms with van der Waals surface area (Å²) in [6.45, 7) is 1.54. The van der Waals surface area contributed by atoms with E-state index in [1.807, 2.05) is 6.07 Å². The highest BCUT2D eigenvalue weighted by Gasteiger charge is 2.27. The SMILES string of the molecule is COCCn1c(C(=O)OC)c(NC(=O)c2ccco2)c2cc(NCC3CC=CCC3)cnc21. The monoisotopic (exact) mass is 452 g/mol. The fraction of sp³-hybridized carbons (Fsp3) is 0.375. The lowest BCUT2D eigenvalue weighted by atomic mass is 9.94. The van der Waals surface area contributed by atoms with E-state index in [0.29, 0.717) is 35.8 Å². The number of esters is 1. The minimum atomic E-state index is -0.581. The van der Waals surface area contributed by atoms with Gasteiger partial charge in [-0.2, -0.15) is 0 Å². The van der Waals surface area contributed by atoms with Gasteiger partial charge in [-0.1, -0.05) is 12.2 Å². The molecule has 0 spiro atoms. The molecule has 0 fully saturated rings. The number of methoxy groups -OCH3 is 2. The van der Waals surface area contributed by atoms with Crippen LogP contribution in [0.2, 0.25) is 0 Å². The van der Waals surface area contributed by atoms with Crippen molar-refractivity contribution in [2.45, 2.75) is 25.8 Å². The molecule has 0 saturated heterocycles. The lowest BCUT2D eigenvalue weighted by Gasteiger charge is -2.18. The molecule has 33 heavy (non-hydrogen) atoms. The summed E-state index contributed by atoms with van der Waals surface area (Å²) in [6.07, 6.45) is 10.9. The lowest BCUT2D eigenvalue weighted by Crippen LogP contribution is -2.18. The third-order valence-electron chi connectivity index (χ3n) is 5.75. The van der Waals surface area contributed by atoms with E-state index in [9.17, 15) is 9.59 Å². The molecule has 1 aliphatic rings. The van der Waals surface area contributed by atoms with Gasteiger partial charge in [0.15, 0.2) is 11.5 Å². The number of furan rings is 1. The predicted octanol–water partition coefficient (Wildman–Crippen LogP) is 4.08. The molecule has 174 valence electrons. The number of amides is 1. The normalized spacial score (nSPS) is 15.5. The Balaban J connectivity index is 1.74. The van der Waals surface area contributed by atoms with Crippen molar-refractivity contribution in [2.24, 2.45) is 5.92 Å². The Hall–Kier alpha value is -3.59. The molecule has 3 aromatic rings. The average Bonchev–Trinajstić information content (AvgIpc) is 3.49. The first-order valence-electron chi connectivity index (χ1n) is 11.0. The van der Waals surface area contributed by atoms with Crippen LogP contribution in [0.1, 0.15) is 40.3 Å². The highest BCUT2D eigenvalue weighted by Crippen LogP contribution is 2.33. The molecule has 0 saturated carbocycles. The summed E-state index contributed by atoms with van der Waals surface area (Å²) >= 11 is 0. The van der Waals surface area contributed by atoms with Gasteiger partial charge in [0.1, 0.15) is 5.65 Å². The van der Waals surface area contributed by atoms with Gasteiger partial charge < -0.3 is 29.1 Å². The third kappa shape index (κ3) is 4.93. The van der Waals surface area contributed by atoms with E-state index in [4.69, 9.17) is 13.9 Å². The molecule has 4 rings (SSSR count). The molecule has 9 nitrogen and oxygen atoms in total. The summed E-state index contributed by atoms with van der Waals surface area (Å²) < 4.78 is 17.2. The number of fused-ring (bicyclic) bond motifs is 1. The van der Waals surface area contributed by atoms with Gasteiger partial charge in [-0.05, 0) is 43.4 Å². The molecular weight excluding hydrogens is 424 g/mol. The van der Waals surface area contributed by atoms with Crippen LogP contribution < -0.4 is 10.6 Å². The number of hydrogen-bond acceptors (Lipinski definition) is 7. The summed E-state index contributed by atoms with van der Waals surface area (Å²) in [5.74, 6) is -0.359. The van der Waals surface area contributed by atoms with Gasteiger partial charge in [0.2, 0.25) is 0 Å². The largest absolute Gasteiger partial charge is 0.464 e. The van der Waals surface area contributed by atoms with Crippen molar-refractivity contribution >= 4 is 34.3 Å². The van der Waals surface area contributed by atoms with Crippen LogP contribution in [0.25, 0.3) is 11.0 Å². The second kappa shape index (κ2) is 10.4. The summed E-state index contributed by atoms with van der Waals surface area (Å²) in [4.78, 5) is 30.2. The van der Waals surface area contributed by atoms with Crippen molar-refractivity contribution in [1.82, 2.24) is 9.55 Å². The molecule has 0 aromatic carbocycles. The Morgan fingerprint density at radius 3 is 2.88 bits per heavy atom. The number of pyridine rings is 1. The Kier molecular flexibility index (Phi) is 7.09. The number of hydrogen-bond donors (Lipinski definition) is 2. The van der Waals surface area contributed by atoms with Crippen molar-refractivity contribution in [2.75, 3.05) is 38.0 Å². The summed E-state index contributed by atoms with van der Waals surface area (Å²) in [5.41, 5.74) is 1.89. The molecule has 1 amide bonds. The van der Waals surface area contributed by atoms with Gasteiger partial charge in [0.25, 0.3) is 5.91 Å². The number of anilines is 2. The zero-order chi connectivity index (χ0) is 23.2. The van der Waals surface area contributed by atoms with Gasteiger partial charge in [0.05, 0.1) is 37.6 Å². The fourth-order valence-corrected chi connectivity index (χ4v) is 4.04. The second-order valence-corrected chi connectivity index (χ2v) is 7.92. The number of carbonyl (C=O) groups is 2. The number of rotatable bonds is 9. The molecule has 3 aromatic heterocycles. The molecule has 3 heterocycles. The van der Waals surface area contributed by atoms with Crippen LogP contribution in [-0.2, 0) is 16.0 Å². The van der Waals surface area contributed by atoms with Crippen LogP contribution in [0, 0.1) is 5.92 Å². The number of ether oxygens (including phenoxy) is 2. The maximum absolute atomic E-state index is 12.8. The Bertz CT molecular complexity index is 1150. The summed E-state index contributed by atoms with van der Waals surface area (Å²) in [6, 6.07) is 5.08. The molecule has 0 radical (unpaired) electrons. The van der Waals surface area contributed by atoms with E-state index in [1.54, 1.807) is 30.0 Å². The highest BCUT2D eigenvalue weighted by molar-refractivity contribution is 6.14. The van der Waals surface area contributed by atoms with Crippen LogP contribution >= 0.6 is 0 Å². The first kappa shape index (κ1) is 22.6. The van der Waals surface area contributed by atoms with E-state index >= 15 is 0 Å². The molecule has 0 aliphatic heterocycles. The van der Waals surface area contributed by atoms with Crippen molar-refractivity contribution < 1.29 is 23.5 Å². The first-order valence-corrected chi connectivity index (χ1v) is 11.0. The number of aromatic nitrogens is 2. The van der Waals surface area contributed by atoms with Crippen molar-refractivity contribution in [1.29, 1.82) is 0 Å². The zero-order valence-corrected chi connectivity index (χ0v) is 18.8. The maximum atomic E-state index is 12.8. The fourth-order valence-electron chi connectivity index (χ4n) is 4.04. The van der Waals surface area contributed by atoms with Gasteiger partial charge in [-0.3, -0.25) is 4.79 Å². The van der Waals surface area contributed by atoms with Crippen molar-refractivity contribution in [3.05, 3.63) is 54.3 Å². The molecule has 9 heteroatoms. The van der Waals surface area contributed by atoms with Crippen LogP contribution in [0.4, 0.5) is 11.4 Å². The van der Waals surface area contributed by atoms with E-state index in [1.165, 1.54) is 13.4 Å². The van der Waals surface area contributed by atoms with Gasteiger partial charge >= 0.3 is 5.97 Å². The standard InChI is InChI=1S/C24H28N4O5/c1-31-12-10-28-21(24(30)32-2)20(27-23(29)19-9-6-11-33-19)18-13-17(15-26-22(18)28)25-14-16-7-4-3-5-8-16/h3-4,6,9,11,13,15-16,25H,5,7-8,10,12,14H2,1-2H3,(H,27,29). The van der Waals surface area contributed by atoms with E-state index < -0.39 is 11.9 Å². The molecule has 2 N–H and O–H groups in total. The van der Waals surface area contributed by atoms with E-state index in [-0.39, 0.29) is 11.5 Å².